The average Bonchev–Trinajstić information content (AvgIpc) is 2.70. The fraction of sp³-hybridized carbons (Fsp3) is 0.391. The Labute approximate surface area is 190 Å². The Morgan fingerprint density at radius 1 is 0.867 bits per heavy atom. The van der Waals surface area contributed by atoms with E-state index in [1.807, 2.05) is 13.0 Å². The number of hydrogen-bond acceptors (Lipinski definition) is 3. The molecule has 7 heteroatoms. The van der Waals surface area contributed by atoms with Gasteiger partial charge in [0.25, 0.3) is 0 Å². The second-order valence-corrected chi connectivity index (χ2v) is 7.33. The van der Waals surface area contributed by atoms with Crippen LogP contribution in [0.1, 0.15) is 18.1 Å². The standard InChI is InChI=1S/C23H28F2N2O.2ClH/c1-3-12-26-13-15-27(16-14-26)17-18-28-23(2,19-4-8-21(24)9-5-19)20-6-10-22(25)11-7-20;;/h3-11H,1,12-18H2,2H3;2*1H. The molecule has 1 aliphatic rings. The third-order valence-electron chi connectivity index (χ3n) is 5.44. The molecule has 0 bridgehead atoms. The predicted molar refractivity (Wildman–Crippen MR) is 123 cm³/mol. The van der Waals surface area contributed by atoms with Gasteiger partial charge in [-0.3, -0.25) is 9.80 Å². The molecular formula is C23H30Cl2F2N2O. The first kappa shape index (κ1) is 26.5. The number of ether oxygens (including phenoxy) is 1. The van der Waals surface area contributed by atoms with Gasteiger partial charge >= 0.3 is 0 Å². The van der Waals surface area contributed by atoms with Gasteiger partial charge in [0.15, 0.2) is 0 Å². The highest BCUT2D eigenvalue weighted by Gasteiger charge is 2.30. The number of benzene rings is 2. The van der Waals surface area contributed by atoms with E-state index < -0.39 is 5.60 Å². The lowest BCUT2D eigenvalue weighted by Crippen LogP contribution is -2.47. The lowest BCUT2D eigenvalue weighted by molar-refractivity contribution is -0.0188. The van der Waals surface area contributed by atoms with Crippen molar-refractivity contribution in [1.29, 1.82) is 0 Å². The predicted octanol–water partition coefficient (Wildman–Crippen LogP) is 4.89. The third-order valence-corrected chi connectivity index (χ3v) is 5.44. The van der Waals surface area contributed by atoms with Gasteiger partial charge in [-0.05, 0) is 42.3 Å². The molecule has 2 aromatic rings. The van der Waals surface area contributed by atoms with Gasteiger partial charge in [0, 0.05) is 39.3 Å². The van der Waals surface area contributed by atoms with E-state index in [1.165, 1.54) is 24.3 Å². The first-order valence-electron chi connectivity index (χ1n) is 9.73. The summed E-state index contributed by atoms with van der Waals surface area (Å²) in [5, 5.41) is 0. The molecule has 0 aliphatic carbocycles. The second-order valence-electron chi connectivity index (χ2n) is 7.33. The van der Waals surface area contributed by atoms with E-state index in [0.717, 1.165) is 50.4 Å². The van der Waals surface area contributed by atoms with E-state index in [2.05, 4.69) is 16.4 Å². The Bertz CT molecular complexity index is 718. The van der Waals surface area contributed by atoms with Crippen LogP contribution in [0.5, 0.6) is 0 Å². The molecular weight excluding hydrogens is 429 g/mol. The Hall–Kier alpha value is -1.50. The van der Waals surface area contributed by atoms with Gasteiger partial charge in [-0.15, -0.1) is 31.4 Å². The number of nitrogens with zero attached hydrogens (tertiary/aromatic N) is 2. The Morgan fingerprint density at radius 2 is 1.30 bits per heavy atom. The van der Waals surface area contributed by atoms with Crippen LogP contribution >= 0.6 is 24.8 Å². The lowest BCUT2D eigenvalue weighted by Gasteiger charge is -2.36. The minimum absolute atomic E-state index is 0. The smallest absolute Gasteiger partial charge is 0.123 e. The summed E-state index contributed by atoms with van der Waals surface area (Å²) < 4.78 is 33.2. The zero-order valence-corrected chi connectivity index (χ0v) is 18.9. The van der Waals surface area contributed by atoms with Crippen molar-refractivity contribution in [2.45, 2.75) is 12.5 Å². The highest BCUT2D eigenvalue weighted by molar-refractivity contribution is 5.85. The molecule has 1 saturated heterocycles. The fourth-order valence-corrected chi connectivity index (χ4v) is 3.63. The molecule has 30 heavy (non-hydrogen) atoms. The van der Waals surface area contributed by atoms with Crippen molar-refractivity contribution in [3.05, 3.63) is 83.9 Å². The molecule has 0 radical (unpaired) electrons. The topological polar surface area (TPSA) is 15.7 Å². The zero-order chi connectivity index (χ0) is 20.0. The molecule has 0 aromatic heterocycles. The summed E-state index contributed by atoms with van der Waals surface area (Å²) in [4.78, 5) is 4.76. The van der Waals surface area contributed by atoms with Crippen molar-refractivity contribution >= 4 is 24.8 Å². The van der Waals surface area contributed by atoms with Crippen LogP contribution < -0.4 is 0 Å². The number of piperazine rings is 1. The maximum Gasteiger partial charge on any atom is 0.123 e. The SMILES string of the molecule is C=CCN1CCN(CCOC(C)(c2ccc(F)cc2)c2ccc(F)cc2)CC1.Cl.Cl. The van der Waals surface area contributed by atoms with E-state index in [0.29, 0.717) is 6.61 Å². The summed E-state index contributed by atoms with van der Waals surface area (Å²) in [6, 6.07) is 12.6. The van der Waals surface area contributed by atoms with Crippen LogP contribution in [0.15, 0.2) is 61.2 Å². The number of rotatable bonds is 8. The maximum absolute atomic E-state index is 13.4. The van der Waals surface area contributed by atoms with E-state index in [-0.39, 0.29) is 36.4 Å². The average molecular weight is 459 g/mol. The fourth-order valence-electron chi connectivity index (χ4n) is 3.63. The summed E-state index contributed by atoms with van der Waals surface area (Å²) in [6.45, 7) is 12.1. The normalized spacial score (nSPS) is 15.2. The van der Waals surface area contributed by atoms with Crippen LogP contribution in [0.3, 0.4) is 0 Å². The van der Waals surface area contributed by atoms with Crippen molar-refractivity contribution in [3.63, 3.8) is 0 Å². The molecule has 0 atom stereocenters. The molecule has 0 amide bonds. The highest BCUT2D eigenvalue weighted by atomic mass is 35.5. The minimum atomic E-state index is -0.772. The van der Waals surface area contributed by atoms with Crippen LogP contribution in [0.4, 0.5) is 8.78 Å². The second kappa shape index (κ2) is 12.4. The maximum atomic E-state index is 13.4. The summed E-state index contributed by atoms with van der Waals surface area (Å²) in [5.74, 6) is -0.579. The minimum Gasteiger partial charge on any atom is -0.365 e. The van der Waals surface area contributed by atoms with Crippen molar-refractivity contribution < 1.29 is 13.5 Å². The van der Waals surface area contributed by atoms with Crippen molar-refractivity contribution in [2.24, 2.45) is 0 Å². The molecule has 0 N–H and O–H groups in total. The molecule has 2 aromatic carbocycles. The van der Waals surface area contributed by atoms with Gasteiger partial charge in [0.05, 0.1) is 6.61 Å². The Kier molecular flexibility index (Phi) is 10.9. The quantitative estimate of drug-likeness (QED) is 0.523. The molecule has 0 saturated carbocycles. The van der Waals surface area contributed by atoms with Gasteiger partial charge < -0.3 is 4.74 Å². The van der Waals surface area contributed by atoms with Crippen molar-refractivity contribution in [3.8, 4) is 0 Å². The molecule has 1 aliphatic heterocycles. The van der Waals surface area contributed by atoms with Crippen LogP contribution in [0.25, 0.3) is 0 Å². The van der Waals surface area contributed by atoms with Gasteiger partial charge in [-0.2, -0.15) is 0 Å². The largest absolute Gasteiger partial charge is 0.365 e. The monoisotopic (exact) mass is 458 g/mol. The Balaban J connectivity index is 0.00000225. The van der Waals surface area contributed by atoms with Crippen LogP contribution in [0, 0.1) is 11.6 Å². The first-order chi connectivity index (χ1) is 13.5. The molecule has 3 rings (SSSR count). The number of hydrogen-bond donors (Lipinski definition) is 0. The zero-order valence-electron chi connectivity index (χ0n) is 17.2. The molecule has 0 spiro atoms. The van der Waals surface area contributed by atoms with E-state index in [9.17, 15) is 8.78 Å². The summed E-state index contributed by atoms with van der Waals surface area (Å²) in [6.07, 6.45) is 1.94. The molecule has 166 valence electrons. The number of halogens is 4. The summed E-state index contributed by atoms with van der Waals surface area (Å²) in [5.41, 5.74) is 0.916. The summed E-state index contributed by atoms with van der Waals surface area (Å²) in [7, 11) is 0. The van der Waals surface area contributed by atoms with Crippen molar-refractivity contribution in [2.75, 3.05) is 45.9 Å². The lowest BCUT2D eigenvalue weighted by atomic mass is 9.88. The Morgan fingerprint density at radius 3 is 1.73 bits per heavy atom. The van der Waals surface area contributed by atoms with Gasteiger partial charge in [-0.25, -0.2) is 8.78 Å². The van der Waals surface area contributed by atoms with Crippen LogP contribution in [-0.2, 0) is 10.3 Å². The van der Waals surface area contributed by atoms with Gasteiger partial charge in [0.2, 0.25) is 0 Å². The van der Waals surface area contributed by atoms with Crippen LogP contribution in [0.2, 0.25) is 0 Å². The third kappa shape index (κ3) is 6.76. The highest BCUT2D eigenvalue weighted by Crippen LogP contribution is 2.33. The van der Waals surface area contributed by atoms with E-state index >= 15 is 0 Å². The van der Waals surface area contributed by atoms with Gasteiger partial charge in [0.1, 0.15) is 17.2 Å². The summed E-state index contributed by atoms with van der Waals surface area (Å²) >= 11 is 0. The van der Waals surface area contributed by atoms with E-state index in [1.54, 1.807) is 24.3 Å². The molecule has 0 unspecified atom stereocenters. The van der Waals surface area contributed by atoms with Crippen LogP contribution in [-0.4, -0.2) is 55.7 Å². The molecule has 3 nitrogen and oxygen atoms in total. The van der Waals surface area contributed by atoms with Gasteiger partial charge in [-0.1, -0.05) is 30.3 Å². The molecule has 1 heterocycles. The molecule has 1 fully saturated rings. The first-order valence-corrected chi connectivity index (χ1v) is 9.73. The van der Waals surface area contributed by atoms with Crippen molar-refractivity contribution in [1.82, 2.24) is 9.80 Å². The van der Waals surface area contributed by atoms with E-state index in [4.69, 9.17) is 4.74 Å².